The first kappa shape index (κ1) is 19.0. The average Bonchev–Trinajstić information content (AvgIpc) is 3.07. The van der Waals surface area contributed by atoms with Crippen molar-refractivity contribution in [3.63, 3.8) is 0 Å². The summed E-state index contributed by atoms with van der Waals surface area (Å²) in [5.41, 5.74) is -0.0767. The maximum Gasteiger partial charge on any atom is 0.434 e. The predicted molar refractivity (Wildman–Crippen MR) is 89.6 cm³/mol. The van der Waals surface area contributed by atoms with E-state index in [1.165, 1.54) is 7.11 Å². The van der Waals surface area contributed by atoms with Crippen molar-refractivity contribution < 1.29 is 17.9 Å². The number of halogens is 3. The highest BCUT2D eigenvalue weighted by Crippen LogP contribution is 2.29. The SMILES string of the molecule is CCNC(=NCc1cccnc1OC)NCc1nc(C(F)(F)F)cs1. The van der Waals surface area contributed by atoms with E-state index in [0.717, 1.165) is 22.3 Å². The third-order valence-corrected chi connectivity index (χ3v) is 3.89. The highest BCUT2D eigenvalue weighted by atomic mass is 32.1. The predicted octanol–water partition coefficient (Wildman–Crippen LogP) is 2.82. The van der Waals surface area contributed by atoms with Crippen LogP contribution >= 0.6 is 11.3 Å². The number of ether oxygens (including phenoxy) is 1. The van der Waals surface area contributed by atoms with E-state index >= 15 is 0 Å². The zero-order valence-corrected chi connectivity index (χ0v) is 14.5. The Morgan fingerprint density at radius 1 is 1.36 bits per heavy atom. The Morgan fingerprint density at radius 3 is 2.80 bits per heavy atom. The minimum absolute atomic E-state index is 0.150. The Bertz CT molecular complexity index is 717. The van der Waals surface area contributed by atoms with Gasteiger partial charge in [-0.15, -0.1) is 11.3 Å². The van der Waals surface area contributed by atoms with E-state index in [1.807, 2.05) is 13.0 Å². The summed E-state index contributed by atoms with van der Waals surface area (Å²) in [6, 6.07) is 3.62. The van der Waals surface area contributed by atoms with Crippen molar-refractivity contribution in [3.05, 3.63) is 40.0 Å². The molecule has 0 fully saturated rings. The molecule has 0 aliphatic carbocycles. The van der Waals surface area contributed by atoms with E-state index in [1.54, 1.807) is 12.3 Å². The van der Waals surface area contributed by atoms with Crippen LogP contribution in [0.2, 0.25) is 0 Å². The monoisotopic (exact) mass is 373 g/mol. The van der Waals surface area contributed by atoms with Crippen LogP contribution in [0.15, 0.2) is 28.7 Å². The first-order chi connectivity index (χ1) is 11.9. The summed E-state index contributed by atoms with van der Waals surface area (Å²) in [6.07, 6.45) is -2.81. The molecule has 0 atom stereocenters. The van der Waals surface area contributed by atoms with E-state index in [0.29, 0.717) is 29.9 Å². The molecule has 0 saturated heterocycles. The molecule has 2 aromatic rings. The molecule has 10 heteroatoms. The van der Waals surface area contributed by atoms with Gasteiger partial charge in [-0.2, -0.15) is 13.2 Å². The fourth-order valence-electron chi connectivity index (χ4n) is 1.92. The number of methoxy groups -OCH3 is 1. The lowest BCUT2D eigenvalue weighted by atomic mass is 10.3. The molecule has 0 aliphatic heterocycles. The van der Waals surface area contributed by atoms with E-state index in [9.17, 15) is 13.2 Å². The summed E-state index contributed by atoms with van der Waals surface area (Å²) >= 11 is 0.951. The molecule has 2 heterocycles. The summed E-state index contributed by atoms with van der Waals surface area (Å²) in [4.78, 5) is 12.1. The number of alkyl halides is 3. The average molecular weight is 373 g/mol. The number of aromatic nitrogens is 2. The zero-order valence-electron chi connectivity index (χ0n) is 13.7. The fraction of sp³-hybridized carbons (Fsp3) is 0.400. The lowest BCUT2D eigenvalue weighted by Gasteiger charge is -2.11. The summed E-state index contributed by atoms with van der Waals surface area (Å²) in [5.74, 6) is 0.953. The first-order valence-corrected chi connectivity index (χ1v) is 8.33. The molecule has 0 bridgehead atoms. The molecule has 0 radical (unpaired) electrons. The van der Waals surface area contributed by atoms with Gasteiger partial charge in [0, 0.05) is 23.7 Å². The molecule has 0 saturated carbocycles. The number of pyridine rings is 1. The summed E-state index contributed by atoms with van der Waals surface area (Å²) < 4.78 is 42.9. The van der Waals surface area contributed by atoms with Gasteiger partial charge in [0.15, 0.2) is 11.7 Å². The molecule has 0 spiro atoms. The molecule has 0 aromatic carbocycles. The van der Waals surface area contributed by atoms with Crippen LogP contribution in [0.5, 0.6) is 5.88 Å². The van der Waals surface area contributed by atoms with Crippen LogP contribution in [0, 0.1) is 0 Å². The quantitative estimate of drug-likeness (QED) is 0.602. The first-order valence-electron chi connectivity index (χ1n) is 7.45. The van der Waals surface area contributed by atoms with Crippen LogP contribution in [0.4, 0.5) is 13.2 Å². The minimum Gasteiger partial charge on any atom is -0.481 e. The molecule has 6 nitrogen and oxygen atoms in total. The van der Waals surface area contributed by atoms with Gasteiger partial charge < -0.3 is 15.4 Å². The third kappa shape index (κ3) is 5.59. The second-order valence-corrected chi connectivity index (χ2v) is 5.79. The van der Waals surface area contributed by atoms with E-state index in [2.05, 4.69) is 25.6 Å². The molecular weight excluding hydrogens is 355 g/mol. The standard InChI is InChI=1S/C15H18F3N5OS/c1-3-19-14(21-7-10-5-4-6-20-13(10)24-2)22-8-12-23-11(9-25-12)15(16,17)18/h4-6,9H,3,7-8H2,1-2H3,(H2,19,21,22). The molecule has 136 valence electrons. The van der Waals surface area contributed by atoms with Gasteiger partial charge in [-0.1, -0.05) is 6.07 Å². The van der Waals surface area contributed by atoms with Crippen LogP contribution < -0.4 is 15.4 Å². The van der Waals surface area contributed by atoms with Gasteiger partial charge in [-0.05, 0) is 13.0 Å². The van der Waals surface area contributed by atoms with Crippen LogP contribution in [0.25, 0.3) is 0 Å². The fourth-order valence-corrected chi connectivity index (χ4v) is 2.66. The Hall–Kier alpha value is -2.36. The van der Waals surface area contributed by atoms with Crippen molar-refractivity contribution in [3.8, 4) is 5.88 Å². The van der Waals surface area contributed by atoms with Gasteiger partial charge >= 0.3 is 6.18 Å². The normalized spacial score (nSPS) is 12.1. The number of nitrogens with zero attached hydrogens (tertiary/aromatic N) is 3. The maximum atomic E-state index is 12.6. The highest BCUT2D eigenvalue weighted by molar-refractivity contribution is 7.09. The van der Waals surface area contributed by atoms with E-state index in [-0.39, 0.29) is 6.54 Å². The topological polar surface area (TPSA) is 71.4 Å². The van der Waals surface area contributed by atoms with Gasteiger partial charge in [0.05, 0.1) is 20.2 Å². The van der Waals surface area contributed by atoms with Gasteiger partial charge in [-0.25, -0.2) is 15.0 Å². The Morgan fingerprint density at radius 2 is 2.16 bits per heavy atom. The number of guanidine groups is 1. The van der Waals surface area contributed by atoms with Crippen molar-refractivity contribution >= 4 is 17.3 Å². The number of hydrogen-bond donors (Lipinski definition) is 2. The lowest BCUT2D eigenvalue weighted by Crippen LogP contribution is -2.36. The largest absolute Gasteiger partial charge is 0.481 e. The number of nitrogens with one attached hydrogen (secondary N) is 2. The van der Waals surface area contributed by atoms with Crippen molar-refractivity contribution in [2.24, 2.45) is 4.99 Å². The molecule has 0 aliphatic rings. The molecule has 2 N–H and O–H groups in total. The Kier molecular flexibility index (Phi) is 6.57. The van der Waals surface area contributed by atoms with Crippen LogP contribution in [-0.2, 0) is 19.3 Å². The Balaban J connectivity index is 2.01. The van der Waals surface area contributed by atoms with Gasteiger partial charge in [0.25, 0.3) is 0 Å². The highest BCUT2D eigenvalue weighted by Gasteiger charge is 2.33. The molecule has 25 heavy (non-hydrogen) atoms. The number of hydrogen-bond acceptors (Lipinski definition) is 5. The summed E-state index contributed by atoms with van der Waals surface area (Å²) in [6.45, 7) is 2.98. The molecule has 2 rings (SSSR count). The second-order valence-electron chi connectivity index (χ2n) is 4.84. The van der Waals surface area contributed by atoms with Crippen molar-refractivity contribution in [2.75, 3.05) is 13.7 Å². The maximum absolute atomic E-state index is 12.6. The number of aliphatic imine (C=N–C) groups is 1. The lowest BCUT2D eigenvalue weighted by molar-refractivity contribution is -0.140. The van der Waals surface area contributed by atoms with Crippen LogP contribution in [0.1, 0.15) is 23.2 Å². The summed E-state index contributed by atoms with van der Waals surface area (Å²) in [5, 5.41) is 7.33. The summed E-state index contributed by atoms with van der Waals surface area (Å²) in [7, 11) is 1.53. The molecule has 2 aromatic heterocycles. The van der Waals surface area contributed by atoms with Crippen molar-refractivity contribution in [1.29, 1.82) is 0 Å². The molecule has 0 amide bonds. The van der Waals surface area contributed by atoms with Gasteiger partial charge in [0.2, 0.25) is 5.88 Å². The zero-order chi connectivity index (χ0) is 18.3. The second kappa shape index (κ2) is 8.65. The van der Waals surface area contributed by atoms with E-state index in [4.69, 9.17) is 4.74 Å². The van der Waals surface area contributed by atoms with Crippen molar-refractivity contribution in [1.82, 2.24) is 20.6 Å². The number of rotatable bonds is 6. The van der Waals surface area contributed by atoms with Crippen molar-refractivity contribution in [2.45, 2.75) is 26.2 Å². The smallest absolute Gasteiger partial charge is 0.434 e. The molecular formula is C15H18F3N5OS. The van der Waals surface area contributed by atoms with Crippen LogP contribution in [-0.4, -0.2) is 29.6 Å². The third-order valence-electron chi connectivity index (χ3n) is 3.04. The van der Waals surface area contributed by atoms with E-state index < -0.39 is 11.9 Å². The molecule has 0 unspecified atom stereocenters. The van der Waals surface area contributed by atoms with Crippen LogP contribution in [0.3, 0.4) is 0 Å². The Labute approximate surface area is 147 Å². The van der Waals surface area contributed by atoms with Gasteiger partial charge in [0.1, 0.15) is 5.01 Å². The number of thiazole rings is 1. The minimum atomic E-state index is -4.43. The van der Waals surface area contributed by atoms with Gasteiger partial charge in [-0.3, -0.25) is 0 Å².